The lowest BCUT2D eigenvalue weighted by molar-refractivity contribution is 0.100. The fourth-order valence-corrected chi connectivity index (χ4v) is 3.56. The summed E-state index contributed by atoms with van der Waals surface area (Å²) >= 11 is 0. The summed E-state index contributed by atoms with van der Waals surface area (Å²) in [6.45, 7) is 4.01. The van der Waals surface area contributed by atoms with Crippen LogP contribution in [0.15, 0.2) is 30.3 Å². The van der Waals surface area contributed by atoms with Crippen molar-refractivity contribution < 1.29 is 4.79 Å². The third-order valence-electron chi connectivity index (χ3n) is 4.66. The molecule has 0 bridgehead atoms. The van der Waals surface area contributed by atoms with Crippen molar-refractivity contribution in [1.82, 2.24) is 10.3 Å². The molecule has 0 aliphatic carbocycles. The van der Waals surface area contributed by atoms with Crippen LogP contribution in [-0.2, 0) is 0 Å². The second-order valence-corrected chi connectivity index (χ2v) is 6.00. The van der Waals surface area contributed by atoms with E-state index in [1.807, 2.05) is 30.3 Å². The van der Waals surface area contributed by atoms with Crippen molar-refractivity contribution >= 4 is 22.6 Å². The first-order valence-electron chi connectivity index (χ1n) is 7.37. The minimum absolute atomic E-state index is 0.404. The maximum atomic E-state index is 11.8. The highest BCUT2D eigenvalue weighted by Gasteiger charge is 2.37. The number of amides is 1. The smallest absolute Gasteiger partial charge is 0.252 e. The Balaban J connectivity index is 1.79. The van der Waals surface area contributed by atoms with Crippen LogP contribution in [0.1, 0.15) is 10.4 Å². The lowest BCUT2D eigenvalue weighted by atomic mass is 10.0. The molecule has 2 aromatic rings. The molecule has 1 aromatic carbocycles. The molecule has 2 saturated heterocycles. The van der Waals surface area contributed by atoms with Crippen LogP contribution in [0, 0.1) is 11.8 Å². The molecule has 1 aromatic heterocycles. The summed E-state index contributed by atoms with van der Waals surface area (Å²) in [4.78, 5) is 18.7. The molecule has 0 radical (unpaired) electrons. The van der Waals surface area contributed by atoms with Gasteiger partial charge in [0.2, 0.25) is 0 Å². The fourth-order valence-electron chi connectivity index (χ4n) is 3.56. The molecule has 4 rings (SSSR count). The highest BCUT2D eigenvalue weighted by Crippen LogP contribution is 2.32. The number of carbonyl (C=O) groups is 1. The number of hydrogen-bond donors (Lipinski definition) is 2. The number of pyridine rings is 1. The van der Waals surface area contributed by atoms with E-state index in [9.17, 15) is 4.79 Å². The molecule has 2 aliphatic rings. The van der Waals surface area contributed by atoms with Crippen LogP contribution in [-0.4, -0.2) is 37.1 Å². The summed E-state index contributed by atoms with van der Waals surface area (Å²) in [5, 5.41) is 4.38. The molecule has 2 unspecified atom stereocenters. The molecule has 2 atom stereocenters. The van der Waals surface area contributed by atoms with Gasteiger partial charge >= 0.3 is 0 Å². The van der Waals surface area contributed by atoms with E-state index in [1.54, 1.807) is 0 Å². The highest BCUT2D eigenvalue weighted by molar-refractivity contribution is 6.01. The fraction of sp³-hybridized carbons (Fsp3) is 0.375. The first-order valence-corrected chi connectivity index (χ1v) is 7.37. The third kappa shape index (κ3) is 2.05. The molecular weight excluding hydrogens is 264 g/mol. The average molecular weight is 282 g/mol. The molecule has 2 aliphatic heterocycles. The van der Waals surface area contributed by atoms with Crippen molar-refractivity contribution in [3.8, 4) is 0 Å². The lowest BCUT2D eigenvalue weighted by Crippen LogP contribution is -2.29. The Bertz CT molecular complexity index is 702. The number of carbonyl (C=O) groups excluding carboxylic acids is 1. The zero-order valence-corrected chi connectivity index (χ0v) is 11.7. The zero-order valence-electron chi connectivity index (χ0n) is 11.7. The SMILES string of the molecule is NC(=O)c1cc2ccccc2nc1N1CC2CNCC2C1. The van der Waals surface area contributed by atoms with Crippen LogP contribution in [0.2, 0.25) is 0 Å². The zero-order chi connectivity index (χ0) is 14.4. The second kappa shape index (κ2) is 4.70. The minimum Gasteiger partial charge on any atom is -0.365 e. The van der Waals surface area contributed by atoms with Crippen LogP contribution in [0.5, 0.6) is 0 Å². The van der Waals surface area contributed by atoms with Gasteiger partial charge in [0.05, 0.1) is 11.1 Å². The predicted molar refractivity (Wildman–Crippen MR) is 82.3 cm³/mol. The van der Waals surface area contributed by atoms with Crippen LogP contribution < -0.4 is 16.0 Å². The van der Waals surface area contributed by atoms with Gasteiger partial charge in [-0.1, -0.05) is 18.2 Å². The Hall–Kier alpha value is -2.14. The van der Waals surface area contributed by atoms with Crippen LogP contribution >= 0.6 is 0 Å². The molecule has 3 heterocycles. The number of nitrogens with one attached hydrogen (secondary N) is 1. The van der Waals surface area contributed by atoms with Gasteiger partial charge in [-0.3, -0.25) is 4.79 Å². The average Bonchev–Trinajstić information content (AvgIpc) is 3.07. The molecule has 108 valence electrons. The van der Waals surface area contributed by atoms with Crippen LogP contribution in [0.4, 0.5) is 5.82 Å². The lowest BCUT2D eigenvalue weighted by Gasteiger charge is -2.21. The Kier molecular flexibility index (Phi) is 2.82. The van der Waals surface area contributed by atoms with E-state index >= 15 is 0 Å². The van der Waals surface area contributed by atoms with Gasteiger partial charge in [-0.15, -0.1) is 0 Å². The number of hydrogen-bond acceptors (Lipinski definition) is 4. The van der Waals surface area contributed by atoms with E-state index in [2.05, 4.69) is 10.2 Å². The van der Waals surface area contributed by atoms with Crippen molar-refractivity contribution in [1.29, 1.82) is 0 Å². The number of aromatic nitrogens is 1. The quantitative estimate of drug-likeness (QED) is 0.861. The largest absolute Gasteiger partial charge is 0.365 e. The monoisotopic (exact) mass is 282 g/mol. The van der Waals surface area contributed by atoms with Gasteiger partial charge in [-0.05, 0) is 24.0 Å². The number of para-hydroxylation sites is 1. The van der Waals surface area contributed by atoms with Crippen molar-refractivity contribution in [2.75, 3.05) is 31.1 Å². The van der Waals surface area contributed by atoms with E-state index in [0.29, 0.717) is 17.4 Å². The van der Waals surface area contributed by atoms with E-state index in [-0.39, 0.29) is 0 Å². The van der Waals surface area contributed by atoms with Crippen molar-refractivity contribution in [3.63, 3.8) is 0 Å². The first-order chi connectivity index (χ1) is 10.2. The van der Waals surface area contributed by atoms with Crippen molar-refractivity contribution in [2.45, 2.75) is 0 Å². The number of nitrogens with zero attached hydrogens (tertiary/aromatic N) is 2. The minimum atomic E-state index is -0.404. The first kappa shape index (κ1) is 12.6. The Labute approximate surface area is 123 Å². The molecule has 2 fully saturated rings. The number of anilines is 1. The molecule has 21 heavy (non-hydrogen) atoms. The molecule has 0 saturated carbocycles. The topological polar surface area (TPSA) is 71.2 Å². The van der Waals surface area contributed by atoms with Gasteiger partial charge in [-0.25, -0.2) is 4.98 Å². The Morgan fingerprint density at radius 1 is 1.24 bits per heavy atom. The third-order valence-corrected chi connectivity index (χ3v) is 4.66. The number of nitrogens with two attached hydrogens (primary N) is 1. The van der Waals surface area contributed by atoms with Crippen molar-refractivity contribution in [3.05, 3.63) is 35.9 Å². The summed E-state index contributed by atoms with van der Waals surface area (Å²) in [6, 6.07) is 9.71. The standard InChI is InChI=1S/C16H18N4O/c17-15(21)13-5-10-3-1-2-4-14(10)19-16(13)20-8-11-6-18-7-12(11)9-20/h1-5,11-12,18H,6-9H2,(H2,17,21). The summed E-state index contributed by atoms with van der Waals surface area (Å²) < 4.78 is 0. The van der Waals surface area contributed by atoms with Gasteiger partial charge in [0.1, 0.15) is 5.82 Å². The summed E-state index contributed by atoms with van der Waals surface area (Å²) in [5.41, 5.74) is 7.01. The Morgan fingerprint density at radius 3 is 2.67 bits per heavy atom. The molecule has 3 N–H and O–H groups in total. The summed E-state index contributed by atoms with van der Waals surface area (Å²) in [6.07, 6.45) is 0. The number of rotatable bonds is 2. The molecule has 0 spiro atoms. The van der Waals surface area contributed by atoms with E-state index in [4.69, 9.17) is 10.7 Å². The molecule has 5 heteroatoms. The number of benzene rings is 1. The molecular formula is C16H18N4O. The highest BCUT2D eigenvalue weighted by atomic mass is 16.1. The van der Waals surface area contributed by atoms with Crippen LogP contribution in [0.25, 0.3) is 10.9 Å². The molecule has 5 nitrogen and oxygen atoms in total. The van der Waals surface area contributed by atoms with Gasteiger partial charge in [0.15, 0.2) is 0 Å². The maximum absolute atomic E-state index is 11.8. The van der Waals surface area contributed by atoms with Gasteiger partial charge < -0.3 is 16.0 Å². The summed E-state index contributed by atoms with van der Waals surface area (Å²) in [5.74, 6) is 1.65. The van der Waals surface area contributed by atoms with Gasteiger partial charge in [0.25, 0.3) is 5.91 Å². The number of primary amides is 1. The van der Waals surface area contributed by atoms with Crippen molar-refractivity contribution in [2.24, 2.45) is 17.6 Å². The molecule has 1 amide bonds. The normalized spacial score (nSPS) is 24.5. The predicted octanol–water partition coefficient (Wildman–Crippen LogP) is 0.989. The van der Waals surface area contributed by atoms with Gasteiger partial charge in [0, 0.05) is 31.6 Å². The number of fused-ring (bicyclic) bond motifs is 2. The van der Waals surface area contributed by atoms with E-state index < -0.39 is 5.91 Å². The maximum Gasteiger partial charge on any atom is 0.252 e. The van der Waals surface area contributed by atoms with E-state index in [1.165, 1.54) is 0 Å². The van der Waals surface area contributed by atoms with Gasteiger partial charge in [-0.2, -0.15) is 0 Å². The Morgan fingerprint density at radius 2 is 1.95 bits per heavy atom. The van der Waals surface area contributed by atoms with Crippen LogP contribution in [0.3, 0.4) is 0 Å². The summed E-state index contributed by atoms with van der Waals surface area (Å²) in [7, 11) is 0. The second-order valence-electron chi connectivity index (χ2n) is 6.00. The van der Waals surface area contributed by atoms with E-state index in [0.717, 1.165) is 42.9 Å².